The normalized spacial score (nSPS) is 16.8. The van der Waals surface area contributed by atoms with Gasteiger partial charge >= 0.3 is 23.9 Å². The molecule has 15 heteroatoms. The molecule has 1 aliphatic carbocycles. The standard InChI is InChI=1S/C48H56N4O11/c1-10-30-27(2)36-24-41-34-14-11-33(46(55)59-8)45(47(56)60-9)48(34,5)42(52-41)26-37-29(4)31(12-15-43(53)58-7)40(51-37)25-39-32(28(3)35(50-39)23-38(30)49-36)13-16-44(54)63-22-21-62-20-19-61-18-17-57-6/h10-11,14,23-26,45,49,51H,1,12-13,15-22H2,2-9H3/t45-,48+/m0/s1. The summed E-state index contributed by atoms with van der Waals surface area (Å²) in [7, 11) is 5.52. The Morgan fingerprint density at radius 1 is 0.714 bits per heavy atom. The predicted octanol–water partition coefficient (Wildman–Crippen LogP) is 6.86. The molecule has 334 valence electrons. The van der Waals surface area contributed by atoms with Gasteiger partial charge in [-0.3, -0.25) is 19.4 Å². The van der Waals surface area contributed by atoms with Crippen LogP contribution in [-0.2, 0) is 64.2 Å². The fourth-order valence-corrected chi connectivity index (χ4v) is 8.43. The molecule has 3 aromatic rings. The van der Waals surface area contributed by atoms with E-state index in [1.54, 1.807) is 19.3 Å². The molecule has 0 fully saturated rings. The van der Waals surface area contributed by atoms with Gasteiger partial charge in [-0.05, 0) is 98.2 Å². The monoisotopic (exact) mass is 864 g/mol. The fourth-order valence-electron chi connectivity index (χ4n) is 8.43. The minimum absolute atomic E-state index is 0.0970. The second-order valence-corrected chi connectivity index (χ2v) is 15.6. The smallest absolute Gasteiger partial charge is 0.334 e. The maximum atomic E-state index is 13.8. The van der Waals surface area contributed by atoms with Crippen LogP contribution in [-0.4, -0.2) is 112 Å². The van der Waals surface area contributed by atoms with E-state index >= 15 is 0 Å². The van der Waals surface area contributed by atoms with Gasteiger partial charge in [0.1, 0.15) is 12.5 Å². The first-order chi connectivity index (χ1) is 30.3. The van der Waals surface area contributed by atoms with Crippen LogP contribution in [0.5, 0.6) is 0 Å². The van der Waals surface area contributed by atoms with E-state index in [1.165, 1.54) is 21.3 Å². The molecule has 2 aliphatic heterocycles. The molecule has 0 unspecified atom stereocenters. The summed E-state index contributed by atoms with van der Waals surface area (Å²) in [6.07, 6.45) is 6.08. The van der Waals surface area contributed by atoms with Crippen LogP contribution in [0.4, 0.5) is 0 Å². The first kappa shape index (κ1) is 46.3. The molecule has 0 aromatic carbocycles. The molecule has 5 heterocycles. The predicted molar refractivity (Wildman–Crippen MR) is 238 cm³/mol. The molecule has 6 rings (SSSR count). The quantitative estimate of drug-likeness (QED) is 0.0767. The Balaban J connectivity index is 1.51. The number of allylic oxidation sites excluding steroid dienone is 5. The van der Waals surface area contributed by atoms with Crippen molar-refractivity contribution in [2.24, 2.45) is 5.92 Å². The summed E-state index contributed by atoms with van der Waals surface area (Å²) in [6.45, 7) is 14.0. The highest BCUT2D eigenvalue weighted by molar-refractivity contribution is 6.02. The lowest BCUT2D eigenvalue weighted by Crippen LogP contribution is -2.42. The highest BCUT2D eigenvalue weighted by atomic mass is 16.6. The summed E-state index contributed by atoms with van der Waals surface area (Å²) in [5.41, 5.74) is 10.1. The molecule has 15 nitrogen and oxygen atoms in total. The number of nitrogens with one attached hydrogen (secondary N) is 2. The van der Waals surface area contributed by atoms with Gasteiger partial charge in [0, 0.05) is 47.6 Å². The first-order valence-electron chi connectivity index (χ1n) is 20.8. The number of aryl methyl sites for hydroxylation is 3. The van der Waals surface area contributed by atoms with Gasteiger partial charge in [-0.25, -0.2) is 9.78 Å². The van der Waals surface area contributed by atoms with E-state index in [1.807, 2.05) is 58.0 Å². The number of fused-ring (bicyclic) bond motifs is 11. The van der Waals surface area contributed by atoms with Crippen LogP contribution < -0.4 is 0 Å². The zero-order valence-corrected chi connectivity index (χ0v) is 37.3. The highest BCUT2D eigenvalue weighted by Crippen LogP contribution is 2.52. The van der Waals surface area contributed by atoms with Crippen molar-refractivity contribution in [2.45, 2.75) is 58.8 Å². The average molecular weight is 865 g/mol. The Bertz CT molecular complexity index is 2560. The minimum atomic E-state index is -1.18. The number of hydrogen-bond donors (Lipinski definition) is 2. The van der Waals surface area contributed by atoms with E-state index in [0.29, 0.717) is 78.7 Å². The number of esters is 4. The van der Waals surface area contributed by atoms with Crippen LogP contribution in [0.15, 0.2) is 48.6 Å². The van der Waals surface area contributed by atoms with Gasteiger partial charge in [-0.1, -0.05) is 24.8 Å². The zero-order valence-electron chi connectivity index (χ0n) is 37.3. The first-order valence-corrected chi connectivity index (χ1v) is 20.8. The molecule has 0 spiro atoms. The van der Waals surface area contributed by atoms with E-state index in [-0.39, 0.29) is 43.6 Å². The number of carbonyl (C=O) groups excluding carboxylic acids is 4. The van der Waals surface area contributed by atoms with E-state index in [9.17, 15) is 19.2 Å². The Kier molecular flexibility index (Phi) is 15.0. The third-order valence-corrected chi connectivity index (χ3v) is 12.0. The molecule has 0 saturated heterocycles. The summed E-state index contributed by atoms with van der Waals surface area (Å²) in [4.78, 5) is 70.1. The molecule has 0 saturated carbocycles. The van der Waals surface area contributed by atoms with Crippen molar-refractivity contribution >= 4 is 68.7 Å². The largest absolute Gasteiger partial charge is 0.469 e. The number of H-pyrrole nitrogens is 2. The number of hydrogen-bond acceptors (Lipinski definition) is 13. The zero-order chi connectivity index (χ0) is 45.4. The van der Waals surface area contributed by atoms with Crippen molar-refractivity contribution in [3.63, 3.8) is 0 Å². The van der Waals surface area contributed by atoms with Crippen molar-refractivity contribution in [2.75, 3.05) is 68.1 Å². The number of aromatic amines is 2. The fraction of sp³-hybridized carbons (Fsp3) is 0.417. The van der Waals surface area contributed by atoms with Gasteiger partial charge in [0.25, 0.3) is 0 Å². The van der Waals surface area contributed by atoms with Gasteiger partial charge in [0.05, 0.1) is 88.1 Å². The molecular formula is C48H56N4O11. The summed E-state index contributed by atoms with van der Waals surface area (Å²) >= 11 is 0. The van der Waals surface area contributed by atoms with Crippen LogP contribution in [0.2, 0.25) is 0 Å². The molecule has 2 N–H and O–H groups in total. The molecule has 3 aromatic heterocycles. The Morgan fingerprint density at radius 2 is 1.37 bits per heavy atom. The molecular weight excluding hydrogens is 809 g/mol. The van der Waals surface area contributed by atoms with Gasteiger partial charge in [-0.2, -0.15) is 0 Å². The lowest BCUT2D eigenvalue weighted by molar-refractivity contribution is -0.149. The third-order valence-electron chi connectivity index (χ3n) is 12.0. The van der Waals surface area contributed by atoms with Crippen molar-refractivity contribution in [1.29, 1.82) is 0 Å². The summed E-state index contributed by atoms with van der Waals surface area (Å²) in [5.74, 6) is -3.12. The Hall–Kier alpha value is -6.16. The van der Waals surface area contributed by atoms with Crippen molar-refractivity contribution in [1.82, 2.24) is 19.9 Å². The van der Waals surface area contributed by atoms with Crippen molar-refractivity contribution < 1.29 is 52.3 Å². The number of carbonyl (C=O) groups is 4. The molecule has 63 heavy (non-hydrogen) atoms. The van der Waals surface area contributed by atoms with Crippen molar-refractivity contribution in [3.05, 3.63) is 93.6 Å². The second kappa shape index (κ2) is 20.4. The molecule has 2 atom stereocenters. The Labute approximate surface area is 366 Å². The maximum Gasteiger partial charge on any atom is 0.334 e. The number of rotatable bonds is 18. The van der Waals surface area contributed by atoms with E-state index in [0.717, 1.165) is 44.4 Å². The third kappa shape index (κ3) is 9.60. The summed E-state index contributed by atoms with van der Waals surface area (Å²) in [5, 5.41) is 0. The number of ether oxygens (including phenoxy) is 7. The van der Waals surface area contributed by atoms with Crippen molar-refractivity contribution in [3.8, 4) is 0 Å². The number of nitrogens with zero attached hydrogens (tertiary/aromatic N) is 2. The van der Waals surface area contributed by atoms with Gasteiger partial charge in [0.15, 0.2) is 0 Å². The average Bonchev–Trinajstić information content (AvgIpc) is 3.93. The highest BCUT2D eigenvalue weighted by Gasteiger charge is 2.53. The summed E-state index contributed by atoms with van der Waals surface area (Å²) < 4.78 is 36.9. The van der Waals surface area contributed by atoms with Crippen LogP contribution in [0.25, 0.3) is 44.9 Å². The van der Waals surface area contributed by atoms with E-state index in [4.69, 9.17) is 43.1 Å². The number of methoxy groups -OCH3 is 4. The van der Waals surface area contributed by atoms with Gasteiger partial charge in [0.2, 0.25) is 0 Å². The molecule has 0 radical (unpaired) electrons. The summed E-state index contributed by atoms with van der Waals surface area (Å²) in [6, 6.07) is 7.71. The van der Waals surface area contributed by atoms with Crippen LogP contribution in [0, 0.1) is 19.8 Å². The maximum absolute atomic E-state index is 13.8. The lowest BCUT2D eigenvalue weighted by Gasteiger charge is -2.36. The SMILES string of the molecule is C=Cc1c(C)c2cc3nc(cc4[nH]c(cc5nc(cc1[nH]2)C(C)=C5CCC(=O)OCCOCCOCCOC)c(CCC(=O)OC)c4C)[C@@]1(C)C3=CC=C(C(=O)OC)[C@H]1C(=O)OC. The molecule has 0 amide bonds. The van der Waals surface area contributed by atoms with E-state index < -0.39 is 23.3 Å². The lowest BCUT2D eigenvalue weighted by atomic mass is 9.64. The van der Waals surface area contributed by atoms with Crippen LogP contribution in [0.1, 0.15) is 78.1 Å². The topological polar surface area (TPSA) is 190 Å². The van der Waals surface area contributed by atoms with Gasteiger partial charge < -0.3 is 43.1 Å². The van der Waals surface area contributed by atoms with Crippen LogP contribution >= 0.6 is 0 Å². The minimum Gasteiger partial charge on any atom is -0.469 e. The molecule has 3 aliphatic rings. The Morgan fingerprint density at radius 3 is 2.05 bits per heavy atom. The van der Waals surface area contributed by atoms with Crippen LogP contribution in [0.3, 0.4) is 0 Å². The molecule has 8 bridgehead atoms. The number of aromatic nitrogens is 4. The second-order valence-electron chi connectivity index (χ2n) is 15.6. The van der Waals surface area contributed by atoms with E-state index in [2.05, 4.69) is 16.5 Å². The van der Waals surface area contributed by atoms with Gasteiger partial charge in [-0.15, -0.1) is 0 Å².